The molecule has 1 saturated heterocycles. The second-order valence-corrected chi connectivity index (χ2v) is 17.1. The normalized spacial score (nSPS) is 27.2. The van der Waals surface area contributed by atoms with Gasteiger partial charge in [0.25, 0.3) is 5.91 Å². The largest absolute Gasteiger partial charge is 0.444 e. The number of sulfonamides is 1. The van der Waals surface area contributed by atoms with E-state index in [-0.39, 0.29) is 19.4 Å². The molecular formula is C34H44N6O7S2. The molecule has 15 heteroatoms. The Hall–Kier alpha value is -3.98. The highest BCUT2D eigenvalue weighted by molar-refractivity contribution is 7.91. The number of thiazole rings is 1. The molecule has 49 heavy (non-hydrogen) atoms. The first-order valence-corrected chi connectivity index (χ1v) is 19.3. The molecule has 2 aliphatic heterocycles. The molecule has 2 saturated carbocycles. The summed E-state index contributed by atoms with van der Waals surface area (Å²) < 4.78 is 33.0. The van der Waals surface area contributed by atoms with Crippen molar-refractivity contribution in [3.05, 3.63) is 47.0 Å². The van der Waals surface area contributed by atoms with E-state index in [9.17, 15) is 27.6 Å². The molecule has 13 nitrogen and oxygen atoms in total. The van der Waals surface area contributed by atoms with Gasteiger partial charge in [-0.25, -0.2) is 23.0 Å². The molecule has 0 bridgehead atoms. The van der Waals surface area contributed by atoms with Crippen molar-refractivity contribution in [2.24, 2.45) is 5.92 Å². The number of benzene rings is 1. The predicted molar refractivity (Wildman–Crippen MR) is 185 cm³/mol. The number of urea groups is 1. The Bertz CT molecular complexity index is 1770. The van der Waals surface area contributed by atoms with Crippen LogP contribution in [0.2, 0.25) is 0 Å². The molecule has 4 aliphatic rings. The van der Waals surface area contributed by atoms with Crippen molar-refractivity contribution in [3.8, 4) is 10.6 Å². The van der Waals surface area contributed by atoms with E-state index in [1.807, 2.05) is 50.4 Å². The summed E-state index contributed by atoms with van der Waals surface area (Å²) in [4.78, 5) is 61.1. The summed E-state index contributed by atoms with van der Waals surface area (Å²) in [6.45, 7) is 5.92. The molecule has 2 aliphatic carbocycles. The topological polar surface area (TPSA) is 176 Å². The number of aryl methyl sites for hydroxylation is 2. The number of aromatic nitrogens is 1. The van der Waals surface area contributed by atoms with Crippen LogP contribution in [0.25, 0.3) is 10.6 Å². The predicted octanol–water partition coefficient (Wildman–Crippen LogP) is 4.39. The lowest BCUT2D eigenvalue weighted by Gasteiger charge is -2.27. The van der Waals surface area contributed by atoms with Crippen LogP contribution in [0.1, 0.15) is 75.7 Å². The van der Waals surface area contributed by atoms with Crippen molar-refractivity contribution in [3.63, 3.8) is 0 Å². The van der Waals surface area contributed by atoms with Crippen molar-refractivity contribution in [1.29, 1.82) is 0 Å². The molecule has 0 spiro atoms. The number of carbonyl (C=O) groups is 4. The van der Waals surface area contributed by atoms with Crippen LogP contribution < -0.4 is 20.7 Å². The molecule has 0 radical (unpaired) electrons. The summed E-state index contributed by atoms with van der Waals surface area (Å²) in [6, 6.07) is 4.12. The number of anilines is 1. The minimum absolute atomic E-state index is 0.00569. The number of fused-ring (bicyclic) bond motifs is 2. The fraction of sp³-hybridized carbons (Fsp3) is 0.559. The minimum Gasteiger partial charge on any atom is -0.444 e. The number of nitrogens with zero attached hydrogens (tertiary/aromatic N) is 2. The Morgan fingerprint density at radius 3 is 2.71 bits per heavy atom. The highest BCUT2D eigenvalue weighted by Crippen LogP contribution is 2.47. The van der Waals surface area contributed by atoms with Gasteiger partial charge in [-0.05, 0) is 76.5 Å². The van der Waals surface area contributed by atoms with Crippen molar-refractivity contribution in [2.45, 2.75) is 101 Å². The average molecular weight is 713 g/mol. The van der Waals surface area contributed by atoms with Gasteiger partial charge in [0, 0.05) is 35.5 Å². The van der Waals surface area contributed by atoms with E-state index < -0.39 is 62.3 Å². The summed E-state index contributed by atoms with van der Waals surface area (Å²) >= 11 is 1.54. The molecule has 0 unspecified atom stereocenters. The summed E-state index contributed by atoms with van der Waals surface area (Å²) in [6.07, 6.45) is 9.30. The zero-order chi connectivity index (χ0) is 35.0. The zero-order valence-corrected chi connectivity index (χ0v) is 29.7. The summed E-state index contributed by atoms with van der Waals surface area (Å²) in [5, 5.41) is 9.29. The van der Waals surface area contributed by atoms with Crippen molar-refractivity contribution >= 4 is 51.0 Å². The first kappa shape index (κ1) is 34.9. The summed E-state index contributed by atoms with van der Waals surface area (Å²) in [7, 11) is -3.95. The lowest BCUT2D eigenvalue weighted by atomic mass is 10.1. The minimum atomic E-state index is -3.95. The van der Waals surface area contributed by atoms with Crippen LogP contribution in [0.15, 0.2) is 36.5 Å². The quantitative estimate of drug-likeness (QED) is 0.306. The van der Waals surface area contributed by atoms with Crippen LogP contribution >= 0.6 is 11.3 Å². The lowest BCUT2D eigenvalue weighted by molar-refractivity contribution is -0.131. The van der Waals surface area contributed by atoms with Gasteiger partial charge < -0.3 is 20.3 Å². The zero-order valence-electron chi connectivity index (χ0n) is 28.0. The maximum Gasteiger partial charge on any atom is 0.411 e. The van der Waals surface area contributed by atoms with Gasteiger partial charge in [0.05, 0.1) is 17.0 Å². The second-order valence-electron chi connectivity index (χ2n) is 13.8. The van der Waals surface area contributed by atoms with E-state index in [2.05, 4.69) is 25.7 Å². The number of ether oxygens (including phenoxy) is 1. The smallest absolute Gasteiger partial charge is 0.411 e. The monoisotopic (exact) mass is 712 g/mol. The number of hydrogen-bond acceptors (Lipinski definition) is 9. The van der Waals surface area contributed by atoms with E-state index in [4.69, 9.17) is 4.74 Å². The van der Waals surface area contributed by atoms with Gasteiger partial charge in [-0.1, -0.05) is 31.6 Å². The molecule has 1 aromatic heterocycles. The molecular weight excluding hydrogens is 669 g/mol. The van der Waals surface area contributed by atoms with Gasteiger partial charge in [-0.2, -0.15) is 0 Å². The van der Waals surface area contributed by atoms with Gasteiger partial charge in [0.2, 0.25) is 15.9 Å². The first-order valence-electron chi connectivity index (χ1n) is 17.0. The third-order valence-electron chi connectivity index (χ3n) is 9.93. The van der Waals surface area contributed by atoms with Crippen LogP contribution in [0.4, 0.5) is 15.3 Å². The number of hydrogen-bond donors (Lipinski definition) is 4. The lowest BCUT2D eigenvalue weighted by Crippen LogP contribution is -2.57. The number of rotatable bonds is 7. The van der Waals surface area contributed by atoms with Crippen molar-refractivity contribution in [1.82, 2.24) is 25.2 Å². The van der Waals surface area contributed by atoms with Gasteiger partial charge in [-0.15, -0.1) is 11.3 Å². The molecule has 4 atom stereocenters. The van der Waals surface area contributed by atoms with Gasteiger partial charge in [-0.3, -0.25) is 19.6 Å². The Balaban J connectivity index is 1.19. The number of nitrogens with one attached hydrogen (secondary N) is 4. The molecule has 6 rings (SSSR count). The first-order chi connectivity index (χ1) is 23.3. The second kappa shape index (κ2) is 13.7. The Labute approximate surface area is 290 Å². The molecule has 1 aromatic carbocycles. The van der Waals surface area contributed by atoms with Gasteiger partial charge in [0.1, 0.15) is 22.7 Å². The fourth-order valence-electron chi connectivity index (χ4n) is 6.38. The van der Waals surface area contributed by atoms with Gasteiger partial charge in [0.15, 0.2) is 0 Å². The van der Waals surface area contributed by atoms with Gasteiger partial charge >= 0.3 is 12.1 Å². The highest BCUT2D eigenvalue weighted by atomic mass is 32.2. The third-order valence-corrected chi connectivity index (χ3v) is 13.3. The standard InChI is InChI=1S/C34H44N6O7S2/c1-4-24-19-36-29(48-24)25-12-11-21(2)16-26(25)37-32(44)47-23-17-27-28(41)38-34(30(42)39-49(45,46)33(3)13-14-33)18-22(34)10-8-6-5-7-9-15-35-31(43)40(27)20-23/h8,10-12,16,19,22-23,27H,4-7,9,13-15,17-18,20H2,1-3H3,(H,35,43)(H,37,44)(H,38,41)(H,39,42)/b10-8-/t22-,23-,27+,34-/m1/s1. The van der Waals surface area contributed by atoms with Crippen molar-refractivity contribution < 1.29 is 32.3 Å². The Kier molecular flexibility index (Phi) is 9.77. The van der Waals surface area contributed by atoms with Crippen LogP contribution in [0.5, 0.6) is 0 Å². The number of amides is 5. The third kappa shape index (κ3) is 7.47. The van der Waals surface area contributed by atoms with Crippen molar-refractivity contribution in [2.75, 3.05) is 18.4 Å². The van der Waals surface area contributed by atoms with Crippen LogP contribution in [-0.4, -0.2) is 77.8 Å². The van der Waals surface area contributed by atoms with Crippen LogP contribution in [0, 0.1) is 12.8 Å². The average Bonchev–Trinajstić information content (AvgIpc) is 3.83. The molecule has 4 N–H and O–H groups in total. The van der Waals surface area contributed by atoms with Crippen LogP contribution in [-0.2, 0) is 30.8 Å². The van der Waals surface area contributed by atoms with Crippen LogP contribution in [0.3, 0.4) is 0 Å². The van der Waals surface area contributed by atoms with E-state index in [1.165, 1.54) is 4.90 Å². The summed E-state index contributed by atoms with van der Waals surface area (Å²) in [5.74, 6) is -1.80. The molecule has 3 fully saturated rings. The Morgan fingerprint density at radius 1 is 1.18 bits per heavy atom. The van der Waals surface area contributed by atoms with E-state index >= 15 is 0 Å². The highest BCUT2D eigenvalue weighted by Gasteiger charge is 2.63. The Morgan fingerprint density at radius 2 is 1.98 bits per heavy atom. The SMILES string of the molecule is CCc1cnc(-c2ccc(C)cc2NC(=O)O[C@@H]2C[C@H]3C(=O)N[C@]4(C(=O)NS(=O)(=O)C5(C)CC5)C[C@H]4/C=C\CCCCCNC(=O)N3C2)s1. The van der Waals surface area contributed by atoms with E-state index in [0.717, 1.165) is 53.1 Å². The maximum absolute atomic E-state index is 13.9. The van der Waals surface area contributed by atoms with E-state index in [1.54, 1.807) is 18.3 Å². The molecule has 264 valence electrons. The number of allylic oxidation sites excluding steroid dienone is 1. The summed E-state index contributed by atoms with van der Waals surface area (Å²) in [5.41, 5.74) is 0.733. The maximum atomic E-state index is 13.9. The van der Waals surface area contributed by atoms with E-state index in [0.29, 0.717) is 25.1 Å². The number of carbonyl (C=O) groups excluding carboxylic acids is 4. The molecule has 2 aromatic rings. The molecule has 3 heterocycles. The fourth-order valence-corrected chi connectivity index (χ4v) is 8.58. The molecule has 5 amide bonds.